The highest BCUT2D eigenvalue weighted by molar-refractivity contribution is 5.90. The van der Waals surface area contributed by atoms with Gasteiger partial charge in [0.05, 0.1) is 22.7 Å². The second-order valence-electron chi connectivity index (χ2n) is 5.27. The lowest BCUT2D eigenvalue weighted by molar-refractivity contribution is -0.146. The molecule has 110 valence electrons. The average molecular weight is 291 g/mol. The number of nitrogens with zero attached hydrogens (tertiary/aromatic N) is 2. The number of urea groups is 1. The Kier molecular flexibility index (Phi) is 3.80. The highest BCUT2D eigenvalue weighted by Crippen LogP contribution is 2.30. The summed E-state index contributed by atoms with van der Waals surface area (Å²) in [6, 6.07) is 4.97. The van der Waals surface area contributed by atoms with Crippen molar-refractivity contribution in [2.45, 2.75) is 13.3 Å². The first-order valence-corrected chi connectivity index (χ1v) is 6.35. The van der Waals surface area contributed by atoms with Crippen LogP contribution in [0.4, 0.5) is 14.9 Å². The number of benzene rings is 1. The first kappa shape index (κ1) is 14.8. The maximum Gasteiger partial charge on any atom is 0.321 e. The van der Waals surface area contributed by atoms with Crippen molar-refractivity contribution >= 4 is 17.7 Å². The summed E-state index contributed by atoms with van der Waals surface area (Å²) < 4.78 is 13.7. The van der Waals surface area contributed by atoms with Crippen molar-refractivity contribution in [3.05, 3.63) is 29.6 Å². The Morgan fingerprint density at radius 2 is 2.24 bits per heavy atom. The molecule has 0 bridgehead atoms. The van der Waals surface area contributed by atoms with E-state index in [1.54, 1.807) is 13.0 Å². The molecule has 1 aromatic rings. The largest absolute Gasteiger partial charge is 0.481 e. The zero-order chi connectivity index (χ0) is 15.6. The Labute approximate surface area is 120 Å². The van der Waals surface area contributed by atoms with Crippen LogP contribution in [-0.2, 0) is 4.79 Å². The summed E-state index contributed by atoms with van der Waals surface area (Å²) in [6.45, 7) is 1.95. The third kappa shape index (κ3) is 2.94. The Bertz CT molecular complexity index is 641. The second kappa shape index (κ2) is 5.40. The number of hydrogen-bond donors (Lipinski definition) is 2. The zero-order valence-corrected chi connectivity index (χ0v) is 11.4. The van der Waals surface area contributed by atoms with Crippen molar-refractivity contribution in [2.24, 2.45) is 5.41 Å². The molecule has 1 atom stereocenters. The fraction of sp³-hybridized carbons (Fsp3) is 0.357. The lowest BCUT2D eigenvalue weighted by atomic mass is 9.90. The molecule has 1 saturated heterocycles. The molecule has 0 aromatic heterocycles. The molecule has 0 aliphatic carbocycles. The topological polar surface area (TPSA) is 93.4 Å². The predicted octanol–water partition coefficient (Wildman–Crippen LogP) is 2.03. The molecule has 1 aliphatic heterocycles. The summed E-state index contributed by atoms with van der Waals surface area (Å²) in [5, 5.41) is 20.2. The van der Waals surface area contributed by atoms with Gasteiger partial charge in [-0.25, -0.2) is 9.18 Å². The van der Waals surface area contributed by atoms with E-state index in [1.165, 1.54) is 17.0 Å². The minimum atomic E-state index is -0.972. The van der Waals surface area contributed by atoms with Gasteiger partial charge < -0.3 is 15.3 Å². The van der Waals surface area contributed by atoms with E-state index in [9.17, 15) is 14.0 Å². The van der Waals surface area contributed by atoms with Gasteiger partial charge in [-0.1, -0.05) is 0 Å². The number of hydrogen-bond acceptors (Lipinski definition) is 3. The summed E-state index contributed by atoms with van der Waals surface area (Å²) in [5.74, 6) is -1.66. The average Bonchev–Trinajstić information content (AvgIpc) is 2.85. The third-order valence-electron chi connectivity index (χ3n) is 3.62. The van der Waals surface area contributed by atoms with Crippen molar-refractivity contribution in [1.29, 1.82) is 5.26 Å². The van der Waals surface area contributed by atoms with Crippen molar-refractivity contribution in [2.75, 3.05) is 18.4 Å². The van der Waals surface area contributed by atoms with Gasteiger partial charge in [0, 0.05) is 13.1 Å². The number of halogens is 1. The Morgan fingerprint density at radius 3 is 2.76 bits per heavy atom. The molecule has 1 unspecified atom stereocenters. The lowest BCUT2D eigenvalue weighted by Gasteiger charge is -2.20. The van der Waals surface area contributed by atoms with Crippen molar-refractivity contribution < 1.29 is 19.1 Å². The van der Waals surface area contributed by atoms with E-state index in [1.807, 2.05) is 0 Å². The smallest absolute Gasteiger partial charge is 0.321 e. The Balaban J connectivity index is 2.07. The number of amides is 2. The molecule has 21 heavy (non-hydrogen) atoms. The van der Waals surface area contributed by atoms with Crippen LogP contribution >= 0.6 is 0 Å². The van der Waals surface area contributed by atoms with E-state index in [0.717, 1.165) is 6.07 Å². The number of nitriles is 1. The van der Waals surface area contributed by atoms with Crippen LogP contribution in [0.1, 0.15) is 18.9 Å². The SMILES string of the molecule is CC1(C(=O)O)CCN(C(=O)Nc2ccc(C#N)cc2F)C1. The Hall–Kier alpha value is -2.62. The molecule has 0 radical (unpaired) electrons. The van der Waals surface area contributed by atoms with Gasteiger partial charge in [-0.3, -0.25) is 4.79 Å². The maximum absolute atomic E-state index is 13.7. The van der Waals surface area contributed by atoms with Crippen molar-refractivity contribution in [1.82, 2.24) is 4.90 Å². The van der Waals surface area contributed by atoms with Crippen LogP contribution < -0.4 is 5.32 Å². The number of carbonyl (C=O) groups excluding carboxylic acids is 1. The number of nitrogens with one attached hydrogen (secondary N) is 1. The van der Waals surface area contributed by atoms with Gasteiger partial charge >= 0.3 is 12.0 Å². The number of rotatable bonds is 2. The number of aliphatic carboxylic acids is 1. The van der Waals surface area contributed by atoms with Gasteiger partial charge in [0.1, 0.15) is 5.82 Å². The summed E-state index contributed by atoms with van der Waals surface area (Å²) in [5.41, 5.74) is -0.853. The molecule has 1 heterocycles. The van der Waals surface area contributed by atoms with Gasteiger partial charge in [0.2, 0.25) is 0 Å². The quantitative estimate of drug-likeness (QED) is 0.871. The molecular formula is C14H14FN3O3. The van der Waals surface area contributed by atoms with Crippen molar-refractivity contribution in [3.63, 3.8) is 0 Å². The van der Waals surface area contributed by atoms with Crippen LogP contribution in [0, 0.1) is 22.6 Å². The van der Waals surface area contributed by atoms with E-state index in [2.05, 4.69) is 5.32 Å². The number of carboxylic acids is 1. The van der Waals surface area contributed by atoms with Crippen LogP contribution in [0.15, 0.2) is 18.2 Å². The van der Waals surface area contributed by atoms with Crippen LogP contribution in [-0.4, -0.2) is 35.1 Å². The van der Waals surface area contributed by atoms with Gasteiger partial charge in [-0.2, -0.15) is 5.26 Å². The third-order valence-corrected chi connectivity index (χ3v) is 3.62. The molecule has 1 fully saturated rings. The van der Waals surface area contributed by atoms with E-state index in [0.29, 0.717) is 13.0 Å². The zero-order valence-electron chi connectivity index (χ0n) is 11.4. The molecule has 2 rings (SSSR count). The molecule has 0 spiro atoms. The van der Waals surface area contributed by atoms with Crippen LogP contribution in [0.3, 0.4) is 0 Å². The summed E-state index contributed by atoms with van der Waals surface area (Å²) in [4.78, 5) is 24.5. The number of carbonyl (C=O) groups is 2. The van der Waals surface area contributed by atoms with E-state index < -0.39 is 23.2 Å². The second-order valence-corrected chi connectivity index (χ2v) is 5.27. The van der Waals surface area contributed by atoms with Gasteiger partial charge in [0.25, 0.3) is 0 Å². The normalized spacial score (nSPS) is 20.9. The minimum Gasteiger partial charge on any atom is -0.481 e. The first-order chi connectivity index (χ1) is 9.85. The van der Waals surface area contributed by atoms with Crippen LogP contribution in [0.25, 0.3) is 0 Å². The first-order valence-electron chi connectivity index (χ1n) is 6.35. The summed E-state index contributed by atoms with van der Waals surface area (Å²) >= 11 is 0. The molecule has 0 saturated carbocycles. The van der Waals surface area contributed by atoms with Gasteiger partial charge in [-0.15, -0.1) is 0 Å². The maximum atomic E-state index is 13.7. The molecule has 7 heteroatoms. The molecule has 2 amide bonds. The van der Waals surface area contributed by atoms with E-state index in [4.69, 9.17) is 10.4 Å². The van der Waals surface area contributed by atoms with Gasteiger partial charge in [0.15, 0.2) is 0 Å². The van der Waals surface area contributed by atoms with E-state index >= 15 is 0 Å². The highest BCUT2D eigenvalue weighted by Gasteiger charge is 2.42. The fourth-order valence-corrected chi connectivity index (χ4v) is 2.19. The number of carboxylic acid groups (broad SMARTS) is 1. The number of likely N-dealkylation sites (tertiary alicyclic amines) is 1. The molecule has 1 aromatic carbocycles. The number of anilines is 1. The minimum absolute atomic E-state index is 0.0390. The Morgan fingerprint density at radius 1 is 1.52 bits per heavy atom. The molecule has 6 nitrogen and oxygen atoms in total. The fourth-order valence-electron chi connectivity index (χ4n) is 2.19. The predicted molar refractivity (Wildman–Crippen MR) is 72.1 cm³/mol. The monoisotopic (exact) mass is 291 g/mol. The van der Waals surface area contributed by atoms with Crippen LogP contribution in [0.2, 0.25) is 0 Å². The molecular weight excluding hydrogens is 277 g/mol. The van der Waals surface area contributed by atoms with Crippen LogP contribution in [0.5, 0.6) is 0 Å². The highest BCUT2D eigenvalue weighted by atomic mass is 19.1. The van der Waals surface area contributed by atoms with Gasteiger partial charge in [-0.05, 0) is 31.5 Å². The molecule has 2 N–H and O–H groups in total. The van der Waals surface area contributed by atoms with E-state index in [-0.39, 0.29) is 17.8 Å². The molecule has 1 aliphatic rings. The lowest BCUT2D eigenvalue weighted by Crippen LogP contribution is -2.37. The summed E-state index contributed by atoms with van der Waals surface area (Å²) in [7, 11) is 0. The standard InChI is InChI=1S/C14H14FN3O3/c1-14(12(19)20)4-5-18(8-14)13(21)17-11-3-2-9(7-16)6-10(11)15/h2-3,6H,4-5,8H2,1H3,(H,17,21)(H,19,20). The van der Waals surface area contributed by atoms with Crippen molar-refractivity contribution in [3.8, 4) is 6.07 Å². The summed E-state index contributed by atoms with van der Waals surface area (Å²) in [6.07, 6.45) is 0.353.